The number of carbonyl (C=O) groups is 1. The number of carboxylic acids is 1. The second-order valence-electron chi connectivity index (χ2n) is 9.19. The number of hydrogen-bond donors (Lipinski definition) is 2. The van der Waals surface area contributed by atoms with Crippen molar-refractivity contribution in [3.8, 4) is 23.0 Å². The van der Waals surface area contributed by atoms with E-state index in [0.29, 0.717) is 28.2 Å². The standard InChI is InChI=1S/C29H27F2N7O4/c1-3-41-18-13-21(30)20(22(31)14-18)16-38-23-8-5-4-7-19(23)27(37-38)29-33-15-24(42-12-6-9-26(39)40)28(36-29)35-25-10-11-32-17(2)34-25/h4-5,7-8,10-11,13-15H,3,6,9,12,16H2,1-2H3,(H,39,40)(H,32,33,34,35,36). The molecule has 0 radical (unpaired) electrons. The van der Waals surface area contributed by atoms with Gasteiger partial charge in [0.15, 0.2) is 17.4 Å². The van der Waals surface area contributed by atoms with E-state index in [9.17, 15) is 13.6 Å². The molecule has 0 aliphatic heterocycles. The molecule has 0 spiro atoms. The number of para-hydroxylation sites is 1. The number of nitrogens with zero attached hydrogens (tertiary/aromatic N) is 6. The van der Waals surface area contributed by atoms with Crippen LogP contribution in [-0.2, 0) is 11.3 Å². The third kappa shape index (κ3) is 6.40. The predicted molar refractivity (Wildman–Crippen MR) is 150 cm³/mol. The molecule has 0 bridgehead atoms. The lowest BCUT2D eigenvalue weighted by atomic mass is 10.1. The molecule has 3 aromatic heterocycles. The van der Waals surface area contributed by atoms with Gasteiger partial charge in [-0.15, -0.1) is 0 Å². The molecule has 5 aromatic rings. The topological polar surface area (TPSA) is 137 Å². The minimum atomic E-state index is -0.924. The van der Waals surface area contributed by atoms with Crippen LogP contribution in [0.5, 0.6) is 11.5 Å². The van der Waals surface area contributed by atoms with E-state index in [2.05, 4.69) is 30.4 Å². The average Bonchev–Trinajstić information content (AvgIpc) is 3.32. The Labute approximate surface area is 239 Å². The maximum Gasteiger partial charge on any atom is 0.303 e. The molecule has 0 saturated heterocycles. The molecule has 0 unspecified atom stereocenters. The van der Waals surface area contributed by atoms with Gasteiger partial charge in [-0.2, -0.15) is 5.10 Å². The molecule has 2 N–H and O–H groups in total. The summed E-state index contributed by atoms with van der Waals surface area (Å²) in [5, 5.41) is 17.4. The molecule has 0 aliphatic rings. The zero-order chi connectivity index (χ0) is 29.6. The van der Waals surface area contributed by atoms with Gasteiger partial charge in [-0.1, -0.05) is 18.2 Å². The molecule has 2 aromatic carbocycles. The first-order chi connectivity index (χ1) is 20.3. The normalized spacial score (nSPS) is 11.0. The van der Waals surface area contributed by atoms with Crippen LogP contribution < -0.4 is 14.8 Å². The molecule has 0 aliphatic carbocycles. The maximum atomic E-state index is 14.9. The number of aryl methyl sites for hydroxylation is 1. The molecule has 216 valence electrons. The first-order valence-electron chi connectivity index (χ1n) is 13.2. The SMILES string of the molecule is CCOc1cc(F)c(Cn2nc(-c3ncc(OCCCC(=O)O)c(Nc4ccnc(C)n4)n3)c3ccccc32)c(F)c1. The molecule has 11 nitrogen and oxygen atoms in total. The number of halogens is 2. The van der Waals surface area contributed by atoms with Crippen molar-refractivity contribution in [1.82, 2.24) is 29.7 Å². The third-order valence-corrected chi connectivity index (χ3v) is 6.17. The molecule has 0 saturated carbocycles. The van der Waals surface area contributed by atoms with Crippen LogP contribution in [0.1, 0.15) is 31.2 Å². The van der Waals surface area contributed by atoms with Crippen molar-refractivity contribution in [3.05, 3.63) is 77.9 Å². The van der Waals surface area contributed by atoms with E-state index in [0.717, 1.165) is 12.1 Å². The number of rotatable bonds is 12. The molecule has 5 rings (SSSR count). The van der Waals surface area contributed by atoms with Crippen molar-refractivity contribution in [2.75, 3.05) is 18.5 Å². The lowest BCUT2D eigenvalue weighted by molar-refractivity contribution is -0.137. The van der Waals surface area contributed by atoms with E-state index in [1.165, 1.54) is 10.9 Å². The summed E-state index contributed by atoms with van der Waals surface area (Å²) in [5.41, 5.74) is 0.848. The lowest BCUT2D eigenvalue weighted by Crippen LogP contribution is -2.08. The van der Waals surface area contributed by atoms with Gasteiger partial charge in [-0.05, 0) is 32.4 Å². The fourth-order valence-electron chi connectivity index (χ4n) is 4.28. The van der Waals surface area contributed by atoms with Crippen LogP contribution in [0.15, 0.2) is 54.9 Å². The van der Waals surface area contributed by atoms with Gasteiger partial charge in [0, 0.05) is 35.7 Å². The summed E-state index contributed by atoms with van der Waals surface area (Å²) in [6.07, 6.45) is 3.29. The molecule has 42 heavy (non-hydrogen) atoms. The molecule has 3 heterocycles. The first-order valence-corrected chi connectivity index (χ1v) is 13.2. The van der Waals surface area contributed by atoms with Gasteiger partial charge < -0.3 is 19.9 Å². The highest BCUT2D eigenvalue weighted by Crippen LogP contribution is 2.32. The minimum absolute atomic E-state index is 0.0498. The first kappa shape index (κ1) is 28.3. The Morgan fingerprint density at radius 2 is 1.86 bits per heavy atom. The number of hydrogen-bond acceptors (Lipinski definition) is 9. The van der Waals surface area contributed by atoms with Crippen molar-refractivity contribution in [1.29, 1.82) is 0 Å². The van der Waals surface area contributed by atoms with Gasteiger partial charge in [-0.25, -0.2) is 28.7 Å². The number of ether oxygens (including phenoxy) is 2. The quantitative estimate of drug-likeness (QED) is 0.188. The van der Waals surface area contributed by atoms with E-state index in [4.69, 9.17) is 14.6 Å². The van der Waals surface area contributed by atoms with Crippen LogP contribution in [0.3, 0.4) is 0 Å². The van der Waals surface area contributed by atoms with Crippen molar-refractivity contribution in [2.45, 2.75) is 33.2 Å². The lowest BCUT2D eigenvalue weighted by Gasteiger charge is -2.12. The van der Waals surface area contributed by atoms with Gasteiger partial charge in [0.1, 0.15) is 34.7 Å². The predicted octanol–water partition coefficient (Wildman–Crippen LogP) is 5.30. The number of carboxylic acid groups (broad SMARTS) is 1. The molecule has 0 fully saturated rings. The van der Waals surface area contributed by atoms with Crippen LogP contribution in [0, 0.1) is 18.6 Å². The van der Waals surface area contributed by atoms with Gasteiger partial charge >= 0.3 is 5.97 Å². The fourth-order valence-corrected chi connectivity index (χ4v) is 4.28. The maximum absolute atomic E-state index is 14.9. The largest absolute Gasteiger partial charge is 0.494 e. The van der Waals surface area contributed by atoms with E-state index >= 15 is 0 Å². The molecular formula is C29H27F2N7O4. The van der Waals surface area contributed by atoms with Crippen LogP contribution >= 0.6 is 0 Å². The van der Waals surface area contributed by atoms with Gasteiger partial charge in [0.25, 0.3) is 0 Å². The van der Waals surface area contributed by atoms with Gasteiger partial charge in [0.2, 0.25) is 0 Å². The summed E-state index contributed by atoms with van der Waals surface area (Å²) in [7, 11) is 0. The Morgan fingerprint density at radius 1 is 1.07 bits per heavy atom. The number of fused-ring (bicyclic) bond motifs is 1. The molecule has 13 heteroatoms. The van der Waals surface area contributed by atoms with E-state index < -0.39 is 17.6 Å². The Morgan fingerprint density at radius 3 is 2.60 bits per heavy atom. The number of benzene rings is 2. The van der Waals surface area contributed by atoms with Crippen LogP contribution in [0.4, 0.5) is 20.4 Å². The zero-order valence-electron chi connectivity index (χ0n) is 22.8. The Bertz CT molecular complexity index is 1720. The number of anilines is 2. The van der Waals surface area contributed by atoms with E-state index in [1.807, 2.05) is 12.1 Å². The Kier molecular flexibility index (Phi) is 8.46. The minimum Gasteiger partial charge on any atom is -0.494 e. The number of aliphatic carboxylic acids is 1. The second-order valence-corrected chi connectivity index (χ2v) is 9.19. The third-order valence-electron chi connectivity index (χ3n) is 6.17. The monoisotopic (exact) mass is 575 g/mol. The number of nitrogens with one attached hydrogen (secondary N) is 1. The van der Waals surface area contributed by atoms with Crippen molar-refractivity contribution >= 4 is 28.5 Å². The highest BCUT2D eigenvalue weighted by molar-refractivity contribution is 5.92. The second kappa shape index (κ2) is 12.5. The smallest absolute Gasteiger partial charge is 0.303 e. The van der Waals surface area contributed by atoms with Crippen LogP contribution in [0.25, 0.3) is 22.4 Å². The molecule has 0 amide bonds. The van der Waals surface area contributed by atoms with Crippen LogP contribution in [-0.4, -0.2) is 54.0 Å². The summed E-state index contributed by atoms with van der Waals surface area (Å²) in [6, 6.07) is 11.2. The fraction of sp³-hybridized carbons (Fsp3) is 0.241. The van der Waals surface area contributed by atoms with Crippen LogP contribution in [0.2, 0.25) is 0 Å². The summed E-state index contributed by atoms with van der Waals surface area (Å²) in [6.45, 7) is 3.71. The summed E-state index contributed by atoms with van der Waals surface area (Å²) >= 11 is 0. The van der Waals surface area contributed by atoms with Gasteiger partial charge in [0.05, 0.1) is 31.5 Å². The summed E-state index contributed by atoms with van der Waals surface area (Å²) in [5.74, 6) is -0.524. The van der Waals surface area contributed by atoms with Gasteiger partial charge in [-0.3, -0.25) is 9.48 Å². The number of aromatic nitrogens is 6. The summed E-state index contributed by atoms with van der Waals surface area (Å²) in [4.78, 5) is 28.5. The average molecular weight is 576 g/mol. The summed E-state index contributed by atoms with van der Waals surface area (Å²) < 4.78 is 42.3. The Hall–Kier alpha value is -5.20. The Balaban J connectivity index is 1.52. The zero-order valence-corrected chi connectivity index (χ0v) is 22.8. The van der Waals surface area contributed by atoms with Crippen molar-refractivity contribution < 1.29 is 28.2 Å². The van der Waals surface area contributed by atoms with E-state index in [-0.39, 0.29) is 61.3 Å². The van der Waals surface area contributed by atoms with E-state index in [1.54, 1.807) is 38.2 Å². The molecule has 0 atom stereocenters. The van der Waals surface area contributed by atoms with Crippen molar-refractivity contribution in [3.63, 3.8) is 0 Å². The highest BCUT2D eigenvalue weighted by Gasteiger charge is 2.20. The highest BCUT2D eigenvalue weighted by atomic mass is 19.1. The molecular weight excluding hydrogens is 548 g/mol. The van der Waals surface area contributed by atoms with Crippen molar-refractivity contribution in [2.24, 2.45) is 0 Å².